The molecule has 0 saturated carbocycles. The Bertz CT molecular complexity index is 1000. The van der Waals surface area contributed by atoms with E-state index in [1.54, 1.807) is 0 Å². The number of aryl methyl sites for hydroxylation is 1. The lowest BCUT2D eigenvalue weighted by atomic mass is 9.86. The molecule has 0 aliphatic rings. The molecule has 0 bridgehead atoms. The van der Waals surface area contributed by atoms with Gasteiger partial charge in [0.25, 0.3) is 5.91 Å². The number of nitrogens with one attached hydrogen (secondary N) is 1. The molecule has 0 aliphatic heterocycles. The van der Waals surface area contributed by atoms with Crippen molar-refractivity contribution in [2.24, 2.45) is 5.92 Å². The molecule has 3 rings (SSSR count). The molecule has 1 aromatic heterocycles. The maximum atomic E-state index is 12.9. The topological polar surface area (TPSA) is 34.0 Å². The van der Waals surface area contributed by atoms with Gasteiger partial charge in [-0.3, -0.25) is 4.79 Å². The molecule has 1 heterocycles. The molecule has 1 N–H and O–H groups in total. The van der Waals surface area contributed by atoms with Crippen LogP contribution in [0.1, 0.15) is 74.8 Å². The van der Waals surface area contributed by atoms with Crippen LogP contribution < -0.4 is 5.32 Å². The predicted molar refractivity (Wildman–Crippen MR) is 123 cm³/mol. The third kappa shape index (κ3) is 4.72. The van der Waals surface area contributed by atoms with Gasteiger partial charge in [0.15, 0.2) is 0 Å². The van der Waals surface area contributed by atoms with Crippen LogP contribution in [0.3, 0.4) is 0 Å². The monoisotopic (exact) mass is 390 g/mol. The molecular formula is C26H34N2O. The zero-order valence-electron chi connectivity index (χ0n) is 18.8. The molecule has 29 heavy (non-hydrogen) atoms. The van der Waals surface area contributed by atoms with E-state index < -0.39 is 0 Å². The van der Waals surface area contributed by atoms with Crippen LogP contribution in [-0.4, -0.2) is 10.5 Å². The molecule has 154 valence electrons. The van der Waals surface area contributed by atoms with E-state index in [0.29, 0.717) is 11.5 Å². The predicted octanol–water partition coefficient (Wildman–Crippen LogP) is 6.39. The van der Waals surface area contributed by atoms with Gasteiger partial charge < -0.3 is 9.88 Å². The fourth-order valence-corrected chi connectivity index (χ4v) is 3.78. The SMILES string of the molecule is Cc1cc2ccc(C(=O)N[C@@H](C)c3ccc(C(C)(C)C)cc3)cc2n1CC(C)C. The van der Waals surface area contributed by atoms with Gasteiger partial charge in [0.05, 0.1) is 6.04 Å². The number of fused-ring (bicyclic) bond motifs is 1. The molecule has 0 unspecified atom stereocenters. The van der Waals surface area contributed by atoms with Crippen molar-refractivity contribution in [2.75, 3.05) is 0 Å². The quantitative estimate of drug-likeness (QED) is 0.538. The second kappa shape index (κ2) is 8.06. The highest BCUT2D eigenvalue weighted by molar-refractivity contribution is 5.98. The Morgan fingerprint density at radius 1 is 1.00 bits per heavy atom. The van der Waals surface area contributed by atoms with Crippen LogP contribution in [0.5, 0.6) is 0 Å². The Balaban J connectivity index is 1.80. The summed E-state index contributed by atoms with van der Waals surface area (Å²) in [5.74, 6) is 0.520. The normalized spacial score (nSPS) is 13.1. The lowest BCUT2D eigenvalue weighted by Gasteiger charge is -2.21. The molecule has 0 fully saturated rings. The van der Waals surface area contributed by atoms with Gasteiger partial charge >= 0.3 is 0 Å². The number of amides is 1. The first-order chi connectivity index (χ1) is 13.6. The molecule has 2 aromatic carbocycles. The van der Waals surface area contributed by atoms with E-state index in [1.807, 2.05) is 19.1 Å². The second-order valence-electron chi connectivity index (χ2n) is 9.63. The standard InChI is InChI=1S/C26H34N2O/c1-17(2)16-28-18(3)14-21-8-9-22(15-24(21)28)25(29)27-19(4)20-10-12-23(13-11-20)26(5,6)7/h8-15,17,19H,16H2,1-7H3,(H,27,29)/t19-/m0/s1. The summed E-state index contributed by atoms with van der Waals surface area (Å²) in [5.41, 5.74) is 5.62. The highest BCUT2D eigenvalue weighted by Crippen LogP contribution is 2.25. The first-order valence-electron chi connectivity index (χ1n) is 10.6. The van der Waals surface area contributed by atoms with Gasteiger partial charge in [0.1, 0.15) is 0 Å². The minimum Gasteiger partial charge on any atom is -0.346 e. The van der Waals surface area contributed by atoms with E-state index >= 15 is 0 Å². The van der Waals surface area contributed by atoms with Crippen LogP contribution in [0.4, 0.5) is 0 Å². The summed E-state index contributed by atoms with van der Waals surface area (Å²) in [6.45, 7) is 16.2. The Morgan fingerprint density at radius 3 is 2.24 bits per heavy atom. The van der Waals surface area contributed by atoms with Crippen molar-refractivity contribution >= 4 is 16.8 Å². The third-order valence-corrected chi connectivity index (χ3v) is 5.55. The Hall–Kier alpha value is -2.55. The fraction of sp³-hybridized carbons (Fsp3) is 0.423. The minimum absolute atomic E-state index is 0.0331. The summed E-state index contributed by atoms with van der Waals surface area (Å²) in [6, 6.07) is 16.7. The first kappa shape index (κ1) is 21.2. The molecule has 0 radical (unpaired) electrons. The molecule has 3 nitrogen and oxygen atoms in total. The summed E-state index contributed by atoms with van der Waals surface area (Å²) in [4.78, 5) is 12.9. The molecular weight excluding hydrogens is 356 g/mol. The van der Waals surface area contributed by atoms with Gasteiger partial charge in [0.2, 0.25) is 0 Å². The third-order valence-electron chi connectivity index (χ3n) is 5.55. The number of hydrogen-bond acceptors (Lipinski definition) is 1. The average Bonchev–Trinajstić information content (AvgIpc) is 2.95. The molecule has 3 aromatic rings. The number of rotatable bonds is 5. The minimum atomic E-state index is -0.0450. The van der Waals surface area contributed by atoms with Crippen LogP contribution in [0.15, 0.2) is 48.5 Å². The molecule has 0 spiro atoms. The number of carbonyl (C=O) groups excluding carboxylic acids is 1. The smallest absolute Gasteiger partial charge is 0.251 e. The number of benzene rings is 2. The van der Waals surface area contributed by atoms with Crippen LogP contribution in [0.25, 0.3) is 10.9 Å². The first-order valence-corrected chi connectivity index (χ1v) is 10.6. The Kier molecular flexibility index (Phi) is 5.88. The van der Waals surface area contributed by atoms with E-state index in [1.165, 1.54) is 16.6 Å². The summed E-state index contributed by atoms with van der Waals surface area (Å²) in [7, 11) is 0. The maximum absolute atomic E-state index is 12.9. The van der Waals surface area contributed by atoms with E-state index in [2.05, 4.69) is 87.8 Å². The number of carbonyl (C=O) groups is 1. The van der Waals surface area contributed by atoms with E-state index in [-0.39, 0.29) is 17.4 Å². The number of nitrogens with zero attached hydrogens (tertiary/aromatic N) is 1. The molecule has 0 saturated heterocycles. The zero-order chi connectivity index (χ0) is 21.3. The van der Waals surface area contributed by atoms with Gasteiger partial charge in [-0.05, 0) is 59.9 Å². The van der Waals surface area contributed by atoms with Gasteiger partial charge in [-0.25, -0.2) is 0 Å². The summed E-state index contributed by atoms with van der Waals surface area (Å²) in [6.07, 6.45) is 0. The van der Waals surface area contributed by atoms with Crippen LogP contribution in [-0.2, 0) is 12.0 Å². The summed E-state index contributed by atoms with van der Waals surface area (Å²) in [5, 5.41) is 4.34. The molecule has 0 aliphatic carbocycles. The van der Waals surface area contributed by atoms with Crippen molar-refractivity contribution in [3.63, 3.8) is 0 Å². The van der Waals surface area contributed by atoms with Crippen molar-refractivity contribution in [3.05, 3.63) is 70.9 Å². The van der Waals surface area contributed by atoms with Crippen molar-refractivity contribution in [1.29, 1.82) is 0 Å². The lowest BCUT2D eigenvalue weighted by Crippen LogP contribution is -2.26. The van der Waals surface area contributed by atoms with Crippen LogP contribution in [0.2, 0.25) is 0 Å². The number of hydrogen-bond donors (Lipinski definition) is 1. The van der Waals surface area contributed by atoms with Gasteiger partial charge in [0, 0.05) is 23.3 Å². The molecule has 1 atom stereocenters. The van der Waals surface area contributed by atoms with E-state index in [4.69, 9.17) is 0 Å². The van der Waals surface area contributed by atoms with Crippen LogP contribution >= 0.6 is 0 Å². The van der Waals surface area contributed by atoms with Crippen molar-refractivity contribution in [1.82, 2.24) is 9.88 Å². The second-order valence-corrected chi connectivity index (χ2v) is 9.63. The Morgan fingerprint density at radius 2 is 1.66 bits per heavy atom. The highest BCUT2D eigenvalue weighted by atomic mass is 16.1. The van der Waals surface area contributed by atoms with Crippen molar-refractivity contribution < 1.29 is 4.79 Å². The lowest BCUT2D eigenvalue weighted by molar-refractivity contribution is 0.0940. The molecule has 3 heteroatoms. The fourth-order valence-electron chi connectivity index (χ4n) is 3.78. The van der Waals surface area contributed by atoms with Crippen molar-refractivity contribution in [2.45, 2.75) is 66.5 Å². The Labute approximate surface area is 175 Å². The van der Waals surface area contributed by atoms with E-state index in [9.17, 15) is 4.79 Å². The van der Waals surface area contributed by atoms with Crippen molar-refractivity contribution in [3.8, 4) is 0 Å². The zero-order valence-corrected chi connectivity index (χ0v) is 18.8. The average molecular weight is 391 g/mol. The van der Waals surface area contributed by atoms with Gasteiger partial charge in [-0.1, -0.05) is 65.0 Å². The maximum Gasteiger partial charge on any atom is 0.251 e. The summed E-state index contributed by atoms with van der Waals surface area (Å²) >= 11 is 0. The largest absolute Gasteiger partial charge is 0.346 e. The number of aromatic nitrogens is 1. The van der Waals surface area contributed by atoms with Crippen LogP contribution in [0, 0.1) is 12.8 Å². The van der Waals surface area contributed by atoms with E-state index in [0.717, 1.165) is 17.6 Å². The highest BCUT2D eigenvalue weighted by Gasteiger charge is 2.16. The van der Waals surface area contributed by atoms with Gasteiger partial charge in [-0.2, -0.15) is 0 Å². The summed E-state index contributed by atoms with van der Waals surface area (Å²) < 4.78 is 2.31. The molecule has 1 amide bonds. The van der Waals surface area contributed by atoms with Gasteiger partial charge in [-0.15, -0.1) is 0 Å².